The first-order valence-electron chi connectivity index (χ1n) is 7.05. The van der Waals surface area contributed by atoms with Gasteiger partial charge in [0.05, 0.1) is 23.5 Å². The zero-order valence-electron chi connectivity index (χ0n) is 12.3. The molecule has 0 aliphatic rings. The van der Waals surface area contributed by atoms with Gasteiger partial charge in [0, 0.05) is 12.4 Å². The second-order valence-corrected chi connectivity index (χ2v) is 4.51. The lowest BCUT2D eigenvalue weighted by atomic mass is 9.98. The van der Waals surface area contributed by atoms with Gasteiger partial charge in [-0.3, -0.25) is 14.8 Å². The first-order chi connectivity index (χ1) is 10.8. The number of hydrogen-bond acceptors (Lipinski definition) is 4. The molecule has 2 aromatic rings. The summed E-state index contributed by atoms with van der Waals surface area (Å²) in [6.07, 6.45) is 4.59. The van der Waals surface area contributed by atoms with Crippen molar-refractivity contribution in [2.75, 3.05) is 6.54 Å². The van der Waals surface area contributed by atoms with Crippen LogP contribution in [0.15, 0.2) is 48.8 Å². The molecule has 5 nitrogen and oxygen atoms in total. The van der Waals surface area contributed by atoms with Crippen LogP contribution in [0, 0.1) is 0 Å². The van der Waals surface area contributed by atoms with E-state index in [0.29, 0.717) is 24.0 Å². The number of rotatable bonds is 6. The third kappa shape index (κ3) is 3.63. The molecule has 2 rings (SSSR count). The Kier molecular flexibility index (Phi) is 5.54. The number of hydrogen-bond donors (Lipinski definition) is 1. The van der Waals surface area contributed by atoms with E-state index >= 15 is 0 Å². The number of allylic oxidation sites excluding steroid dienone is 1. The number of carbonyl (C=O) groups is 2. The maximum absolute atomic E-state index is 12.5. The van der Waals surface area contributed by atoms with Crippen LogP contribution in [0.2, 0.25) is 0 Å². The Labute approximate surface area is 129 Å². The summed E-state index contributed by atoms with van der Waals surface area (Å²) in [7, 11) is 0. The number of aromatic nitrogens is 2. The molecule has 1 N–H and O–H groups in total. The first-order valence-corrected chi connectivity index (χ1v) is 7.05. The lowest BCUT2D eigenvalue weighted by molar-refractivity contribution is -0.117. The van der Waals surface area contributed by atoms with Crippen molar-refractivity contribution in [3.8, 4) is 0 Å². The number of nitrogens with one attached hydrogen (secondary N) is 1. The van der Waals surface area contributed by atoms with E-state index < -0.39 is 0 Å². The smallest absolute Gasteiger partial charge is 0.254 e. The van der Waals surface area contributed by atoms with Crippen molar-refractivity contribution in [3.63, 3.8) is 0 Å². The lowest BCUT2D eigenvalue weighted by Gasteiger charge is -2.13. The molecule has 0 radical (unpaired) electrons. The molecule has 2 heterocycles. The van der Waals surface area contributed by atoms with Crippen molar-refractivity contribution >= 4 is 23.3 Å². The van der Waals surface area contributed by atoms with Crippen LogP contribution in [0.3, 0.4) is 0 Å². The summed E-state index contributed by atoms with van der Waals surface area (Å²) in [6, 6.07) is 10.9. The number of pyridine rings is 2. The van der Waals surface area contributed by atoms with Crippen molar-refractivity contribution in [1.82, 2.24) is 15.3 Å². The molecule has 5 heteroatoms. The van der Waals surface area contributed by atoms with E-state index in [1.807, 2.05) is 31.2 Å². The second-order valence-electron chi connectivity index (χ2n) is 4.51. The van der Waals surface area contributed by atoms with E-state index in [1.165, 1.54) is 0 Å². The summed E-state index contributed by atoms with van der Waals surface area (Å²) >= 11 is 0. The monoisotopic (exact) mass is 295 g/mol. The third-order valence-corrected chi connectivity index (χ3v) is 3.12. The summed E-state index contributed by atoms with van der Waals surface area (Å²) in [5, 5.41) is 2.58. The van der Waals surface area contributed by atoms with Crippen LogP contribution in [0.4, 0.5) is 0 Å². The molecule has 0 bridgehead atoms. The zero-order chi connectivity index (χ0) is 15.8. The zero-order valence-corrected chi connectivity index (χ0v) is 12.3. The lowest BCUT2D eigenvalue weighted by Crippen LogP contribution is -2.27. The van der Waals surface area contributed by atoms with Gasteiger partial charge in [0.15, 0.2) is 0 Å². The predicted molar refractivity (Wildman–Crippen MR) is 84.7 cm³/mol. The van der Waals surface area contributed by atoms with Gasteiger partial charge in [0.1, 0.15) is 6.29 Å². The topological polar surface area (TPSA) is 72.0 Å². The molecular formula is C17H17N3O2. The molecule has 0 saturated heterocycles. The minimum atomic E-state index is -0.326. The Hall–Kier alpha value is -2.82. The summed E-state index contributed by atoms with van der Waals surface area (Å²) in [5.41, 5.74) is 2.53. The second kappa shape index (κ2) is 7.83. The van der Waals surface area contributed by atoms with Gasteiger partial charge in [-0.15, -0.1) is 0 Å². The van der Waals surface area contributed by atoms with Crippen LogP contribution in [0.25, 0.3) is 11.1 Å². The van der Waals surface area contributed by atoms with Crippen LogP contribution >= 0.6 is 0 Å². The highest BCUT2D eigenvalue weighted by Crippen LogP contribution is 2.26. The summed E-state index contributed by atoms with van der Waals surface area (Å²) in [5.74, 6) is -0.326. The minimum absolute atomic E-state index is 0.0334. The Balaban J connectivity index is 2.57. The fourth-order valence-corrected chi connectivity index (χ4v) is 2.17. The molecule has 0 saturated carbocycles. The largest absolute Gasteiger partial charge is 0.345 e. The summed E-state index contributed by atoms with van der Waals surface area (Å²) in [6.45, 7) is 1.92. The van der Waals surface area contributed by atoms with E-state index in [0.717, 1.165) is 11.3 Å². The van der Waals surface area contributed by atoms with E-state index in [1.54, 1.807) is 24.5 Å². The predicted octanol–water partition coefficient (Wildman–Crippen LogP) is 2.11. The molecule has 1 amide bonds. The van der Waals surface area contributed by atoms with Crippen LogP contribution in [0.5, 0.6) is 0 Å². The van der Waals surface area contributed by atoms with Gasteiger partial charge in [-0.1, -0.05) is 19.1 Å². The minimum Gasteiger partial charge on any atom is -0.345 e. The maximum Gasteiger partial charge on any atom is 0.254 e. The standard InChI is InChI=1S/C17H17N3O2/c1-2-13(14-7-3-5-9-18-14)16(17(22)20-11-12-21)15-8-4-6-10-19-15/h3-10,12H,2,11H2,1H3,(H,20,22)/b16-13-. The molecule has 0 unspecified atom stereocenters. The molecule has 0 fully saturated rings. The maximum atomic E-state index is 12.5. The number of amides is 1. The summed E-state index contributed by atoms with van der Waals surface area (Å²) < 4.78 is 0. The molecule has 0 spiro atoms. The molecular weight excluding hydrogens is 278 g/mol. The van der Waals surface area contributed by atoms with E-state index in [-0.39, 0.29) is 12.5 Å². The number of aldehydes is 1. The first kappa shape index (κ1) is 15.6. The van der Waals surface area contributed by atoms with Crippen LogP contribution in [0.1, 0.15) is 24.7 Å². The highest BCUT2D eigenvalue weighted by Gasteiger charge is 2.19. The Morgan fingerprint density at radius 3 is 2.23 bits per heavy atom. The van der Waals surface area contributed by atoms with Crippen molar-refractivity contribution in [2.45, 2.75) is 13.3 Å². The Morgan fingerprint density at radius 1 is 1.09 bits per heavy atom. The molecule has 0 aliphatic heterocycles. The van der Waals surface area contributed by atoms with Crippen LogP contribution < -0.4 is 5.32 Å². The van der Waals surface area contributed by atoms with Gasteiger partial charge in [-0.05, 0) is 36.3 Å². The van der Waals surface area contributed by atoms with E-state index in [2.05, 4.69) is 15.3 Å². The Morgan fingerprint density at radius 2 is 1.73 bits per heavy atom. The van der Waals surface area contributed by atoms with Gasteiger partial charge >= 0.3 is 0 Å². The van der Waals surface area contributed by atoms with Crippen LogP contribution in [-0.4, -0.2) is 28.7 Å². The fourth-order valence-electron chi connectivity index (χ4n) is 2.17. The van der Waals surface area contributed by atoms with E-state index in [9.17, 15) is 9.59 Å². The Bertz CT molecular complexity index is 667. The van der Waals surface area contributed by atoms with E-state index in [4.69, 9.17) is 0 Å². The van der Waals surface area contributed by atoms with Crippen molar-refractivity contribution in [3.05, 3.63) is 60.2 Å². The van der Waals surface area contributed by atoms with Crippen molar-refractivity contribution in [2.24, 2.45) is 0 Å². The van der Waals surface area contributed by atoms with Gasteiger partial charge in [-0.25, -0.2) is 0 Å². The molecule has 0 aliphatic carbocycles. The molecule has 0 atom stereocenters. The molecule has 0 aromatic carbocycles. The quantitative estimate of drug-likeness (QED) is 0.654. The molecule has 2 aromatic heterocycles. The van der Waals surface area contributed by atoms with Gasteiger partial charge in [0.2, 0.25) is 0 Å². The average Bonchev–Trinajstić information content (AvgIpc) is 2.59. The van der Waals surface area contributed by atoms with Crippen molar-refractivity contribution < 1.29 is 9.59 Å². The van der Waals surface area contributed by atoms with Gasteiger partial charge in [0.25, 0.3) is 5.91 Å². The fraction of sp³-hybridized carbons (Fsp3) is 0.176. The SMILES string of the molecule is CC/C(=C(/C(=O)NCC=O)c1ccccn1)c1ccccn1. The van der Waals surface area contributed by atoms with Gasteiger partial charge < -0.3 is 10.1 Å². The van der Waals surface area contributed by atoms with Crippen molar-refractivity contribution in [1.29, 1.82) is 0 Å². The average molecular weight is 295 g/mol. The molecule has 22 heavy (non-hydrogen) atoms. The third-order valence-electron chi connectivity index (χ3n) is 3.12. The van der Waals surface area contributed by atoms with Crippen LogP contribution in [-0.2, 0) is 9.59 Å². The number of carbonyl (C=O) groups excluding carboxylic acids is 2. The highest BCUT2D eigenvalue weighted by atomic mass is 16.2. The normalized spacial score (nSPS) is 11.5. The number of nitrogens with zero attached hydrogens (tertiary/aromatic N) is 2. The molecule has 112 valence electrons. The van der Waals surface area contributed by atoms with Gasteiger partial charge in [-0.2, -0.15) is 0 Å². The summed E-state index contributed by atoms with van der Waals surface area (Å²) in [4.78, 5) is 31.6. The highest BCUT2D eigenvalue weighted by molar-refractivity contribution is 6.26.